The number of esters is 1. The van der Waals surface area contributed by atoms with E-state index in [0.29, 0.717) is 12.0 Å². The lowest BCUT2D eigenvalue weighted by molar-refractivity contribution is -0.136. The largest absolute Gasteiger partial charge is 0.424 e. The molecule has 25 heavy (non-hydrogen) atoms. The smallest absolute Gasteiger partial charge is 0.311 e. The Morgan fingerprint density at radius 2 is 1.72 bits per heavy atom. The Morgan fingerprint density at radius 1 is 1.04 bits per heavy atom. The van der Waals surface area contributed by atoms with Crippen LogP contribution in [0.1, 0.15) is 30.9 Å². The molecule has 3 rings (SSSR count). The van der Waals surface area contributed by atoms with Crippen molar-refractivity contribution >= 4 is 21.8 Å². The Hall–Kier alpha value is -2.60. The van der Waals surface area contributed by atoms with Gasteiger partial charge in [0, 0.05) is 12.0 Å². The highest BCUT2D eigenvalue weighted by Gasteiger charge is 2.32. The summed E-state index contributed by atoms with van der Waals surface area (Å²) in [4.78, 5) is 12.1. The van der Waals surface area contributed by atoms with Gasteiger partial charge in [0.15, 0.2) is 5.76 Å². The maximum absolute atomic E-state index is 12.9. The van der Waals surface area contributed by atoms with Crippen molar-refractivity contribution in [2.45, 2.75) is 31.2 Å². The molecule has 1 aliphatic rings. The van der Waals surface area contributed by atoms with E-state index in [2.05, 4.69) is 0 Å². The van der Waals surface area contributed by atoms with Crippen molar-refractivity contribution in [3.8, 4) is 0 Å². The van der Waals surface area contributed by atoms with E-state index in [9.17, 15) is 13.2 Å². The topological polar surface area (TPSA) is 63.7 Å². The predicted octanol–water partition coefficient (Wildman–Crippen LogP) is 3.53. The summed E-state index contributed by atoms with van der Waals surface area (Å²) in [6, 6.07) is 15.9. The molecule has 0 spiro atoms. The van der Waals surface area contributed by atoms with Gasteiger partial charge in [-0.05, 0) is 24.1 Å². The first-order chi connectivity index (χ1) is 12.0. The van der Waals surface area contributed by atoms with E-state index in [4.69, 9.17) is 4.74 Å². The molecule has 0 aliphatic carbocycles. The van der Waals surface area contributed by atoms with Crippen molar-refractivity contribution in [3.63, 3.8) is 0 Å². The minimum absolute atomic E-state index is 0.146. The molecule has 0 atom stereocenters. The van der Waals surface area contributed by atoms with Crippen LogP contribution in [-0.4, -0.2) is 18.7 Å². The number of carbonyl (C=O) groups excluding carboxylic acids is 1. The van der Waals surface area contributed by atoms with Crippen LogP contribution < -0.4 is 0 Å². The molecule has 2 aromatic rings. The molecule has 0 saturated heterocycles. The van der Waals surface area contributed by atoms with E-state index in [-0.39, 0.29) is 29.6 Å². The lowest BCUT2D eigenvalue weighted by Crippen LogP contribution is -2.30. The number of sulfonamides is 1. The molecule has 0 amide bonds. The number of ether oxygens (including phenoxy) is 1. The molecule has 0 N–H and O–H groups in total. The zero-order valence-corrected chi connectivity index (χ0v) is 14.7. The predicted molar refractivity (Wildman–Crippen MR) is 94.6 cm³/mol. The first-order valence-corrected chi connectivity index (χ1v) is 9.54. The quantitative estimate of drug-likeness (QED) is 0.768. The second kappa shape index (κ2) is 7.11. The second-order valence-electron chi connectivity index (χ2n) is 5.75. The Balaban J connectivity index is 2.01. The number of nitrogens with zero attached hydrogens (tertiary/aromatic N) is 1. The maximum Gasteiger partial charge on any atom is 0.311 e. The zero-order chi connectivity index (χ0) is 17.9. The van der Waals surface area contributed by atoms with Crippen LogP contribution in [0.25, 0.3) is 5.76 Å². The van der Waals surface area contributed by atoms with Gasteiger partial charge >= 0.3 is 5.97 Å². The Labute approximate surface area is 147 Å². The number of hydrogen-bond donors (Lipinski definition) is 0. The monoisotopic (exact) mass is 357 g/mol. The van der Waals surface area contributed by atoms with E-state index in [0.717, 1.165) is 5.56 Å². The molecule has 6 heteroatoms. The summed E-state index contributed by atoms with van der Waals surface area (Å²) in [5.41, 5.74) is 1.26. The third-order valence-corrected chi connectivity index (χ3v) is 5.62. The highest BCUT2D eigenvalue weighted by Crippen LogP contribution is 2.34. The zero-order valence-electron chi connectivity index (χ0n) is 13.9. The van der Waals surface area contributed by atoms with Crippen LogP contribution in [0.15, 0.2) is 65.7 Å². The number of benzene rings is 2. The highest BCUT2D eigenvalue weighted by atomic mass is 32.2. The number of fused-ring (bicyclic) bond motifs is 1. The normalized spacial score (nSPS) is 15.2. The maximum atomic E-state index is 12.9. The first-order valence-electron chi connectivity index (χ1n) is 8.10. The molecule has 1 aliphatic heterocycles. The number of hydrogen-bond acceptors (Lipinski definition) is 4. The van der Waals surface area contributed by atoms with Crippen molar-refractivity contribution in [1.29, 1.82) is 0 Å². The van der Waals surface area contributed by atoms with E-state index in [1.807, 2.05) is 37.3 Å². The molecule has 0 bridgehead atoms. The van der Waals surface area contributed by atoms with Gasteiger partial charge in [-0.3, -0.25) is 9.10 Å². The molecule has 0 saturated carbocycles. The summed E-state index contributed by atoms with van der Waals surface area (Å²) in [7, 11) is -3.70. The molecule has 0 unspecified atom stereocenters. The minimum atomic E-state index is -3.70. The summed E-state index contributed by atoms with van der Waals surface area (Å²) in [5.74, 6) is -0.109. The second-order valence-corrected chi connectivity index (χ2v) is 7.61. The molecule has 1 heterocycles. The molecular formula is C19H19NO4S. The van der Waals surface area contributed by atoms with E-state index >= 15 is 0 Å². The van der Waals surface area contributed by atoms with Gasteiger partial charge in [0.25, 0.3) is 10.0 Å². The highest BCUT2D eigenvalue weighted by molar-refractivity contribution is 7.89. The number of rotatable bonds is 5. The van der Waals surface area contributed by atoms with Crippen molar-refractivity contribution in [2.24, 2.45) is 0 Å². The molecule has 5 nitrogen and oxygen atoms in total. The summed E-state index contributed by atoms with van der Waals surface area (Å²) in [6.07, 6.45) is 2.35. The van der Waals surface area contributed by atoms with Gasteiger partial charge in [-0.1, -0.05) is 49.4 Å². The fraction of sp³-hybridized carbons (Fsp3) is 0.211. The van der Waals surface area contributed by atoms with Gasteiger partial charge in [0.1, 0.15) is 0 Å². The fourth-order valence-corrected chi connectivity index (χ4v) is 4.15. The Morgan fingerprint density at radius 3 is 2.44 bits per heavy atom. The van der Waals surface area contributed by atoms with Crippen LogP contribution in [0.3, 0.4) is 0 Å². The summed E-state index contributed by atoms with van der Waals surface area (Å²) in [5, 5.41) is 0. The summed E-state index contributed by atoms with van der Waals surface area (Å²) >= 11 is 0. The van der Waals surface area contributed by atoms with Crippen molar-refractivity contribution in [3.05, 3.63) is 71.9 Å². The lowest BCUT2D eigenvalue weighted by atomic mass is 10.2. The molecule has 2 aromatic carbocycles. The Kier molecular flexibility index (Phi) is 4.90. The van der Waals surface area contributed by atoms with Crippen molar-refractivity contribution < 1.29 is 17.9 Å². The van der Waals surface area contributed by atoms with E-state index in [1.165, 1.54) is 16.6 Å². The molecule has 0 radical (unpaired) electrons. The standard InChI is InChI=1S/C19H19NO4S/c1-2-8-19(21)24-17-14-20(13-15-9-4-3-5-10-15)25(22,23)18-12-7-6-11-16(17)18/h3-7,9-12,14H,2,8,13H2,1H3. The van der Waals surface area contributed by atoms with Gasteiger partial charge < -0.3 is 4.74 Å². The Bertz CT molecular complexity index is 904. The minimum Gasteiger partial charge on any atom is -0.424 e. The van der Waals surface area contributed by atoms with Gasteiger partial charge in [-0.2, -0.15) is 0 Å². The average Bonchev–Trinajstić information content (AvgIpc) is 2.60. The van der Waals surface area contributed by atoms with Crippen LogP contribution in [0.2, 0.25) is 0 Å². The van der Waals surface area contributed by atoms with Crippen LogP contribution >= 0.6 is 0 Å². The van der Waals surface area contributed by atoms with Crippen LogP contribution in [0.5, 0.6) is 0 Å². The van der Waals surface area contributed by atoms with Crippen molar-refractivity contribution in [2.75, 3.05) is 0 Å². The average molecular weight is 357 g/mol. The summed E-state index contributed by atoms with van der Waals surface area (Å²) < 4.78 is 32.5. The van der Waals surface area contributed by atoms with E-state index < -0.39 is 10.0 Å². The van der Waals surface area contributed by atoms with Gasteiger partial charge in [-0.25, -0.2) is 8.42 Å². The molecule has 0 aromatic heterocycles. The lowest BCUT2D eigenvalue weighted by Gasteiger charge is -2.27. The van der Waals surface area contributed by atoms with Crippen molar-refractivity contribution in [1.82, 2.24) is 4.31 Å². The third kappa shape index (κ3) is 3.58. The number of carbonyl (C=O) groups is 1. The van der Waals surface area contributed by atoms with Crippen LogP contribution in [0, 0.1) is 0 Å². The molecule has 0 fully saturated rings. The van der Waals surface area contributed by atoms with Crippen LogP contribution in [0.4, 0.5) is 0 Å². The molecular weight excluding hydrogens is 338 g/mol. The first kappa shape index (κ1) is 17.2. The van der Waals surface area contributed by atoms with Gasteiger partial charge in [-0.15, -0.1) is 0 Å². The van der Waals surface area contributed by atoms with E-state index in [1.54, 1.807) is 18.2 Å². The SMILES string of the molecule is CCCC(=O)OC1=CN(Cc2ccccc2)S(=O)(=O)c2ccccc21. The van der Waals surface area contributed by atoms with Gasteiger partial charge in [0.05, 0.1) is 17.6 Å². The van der Waals surface area contributed by atoms with Crippen LogP contribution in [-0.2, 0) is 26.1 Å². The molecule has 130 valence electrons. The third-order valence-electron chi connectivity index (χ3n) is 3.86. The van der Waals surface area contributed by atoms with Gasteiger partial charge in [0.2, 0.25) is 0 Å². The summed E-state index contributed by atoms with van der Waals surface area (Å²) in [6.45, 7) is 2.06. The fourth-order valence-electron chi connectivity index (χ4n) is 2.64.